The van der Waals surface area contributed by atoms with Crippen molar-refractivity contribution >= 4 is 11.8 Å². The normalized spacial score (nSPS) is 39.0. The lowest BCUT2D eigenvalue weighted by atomic mass is 9.78. The van der Waals surface area contributed by atoms with Gasteiger partial charge in [-0.05, 0) is 30.4 Å². The highest BCUT2D eigenvalue weighted by Gasteiger charge is 2.36. The van der Waals surface area contributed by atoms with Gasteiger partial charge in [0.15, 0.2) is 0 Å². The van der Waals surface area contributed by atoms with E-state index in [1.807, 2.05) is 11.8 Å². The lowest BCUT2D eigenvalue weighted by Crippen LogP contribution is -2.50. The van der Waals surface area contributed by atoms with Crippen molar-refractivity contribution in [2.45, 2.75) is 56.1 Å². The molecule has 14 heavy (non-hydrogen) atoms. The molecular weight excluding hydrogens is 194 g/mol. The quantitative estimate of drug-likeness (QED) is 0.760. The first-order valence-electron chi connectivity index (χ1n) is 5.52. The van der Waals surface area contributed by atoms with Crippen LogP contribution in [-0.4, -0.2) is 27.8 Å². The summed E-state index contributed by atoms with van der Waals surface area (Å²) < 4.78 is 0. The smallest absolute Gasteiger partial charge is 0.0611 e. The SMILES string of the molecule is CC(C)SC1CC(N)(CO)CCC1C. The standard InChI is InChI=1S/C11H23NOS/c1-8(2)14-10-6-11(12,7-13)5-4-9(10)3/h8-10,13H,4-7,12H2,1-3H3. The first kappa shape index (κ1) is 12.3. The van der Waals surface area contributed by atoms with Crippen LogP contribution in [0.2, 0.25) is 0 Å². The Labute approximate surface area is 91.6 Å². The summed E-state index contributed by atoms with van der Waals surface area (Å²) in [7, 11) is 0. The third-order valence-corrected chi connectivity index (χ3v) is 4.63. The molecule has 84 valence electrons. The largest absolute Gasteiger partial charge is 0.394 e. The zero-order chi connectivity index (χ0) is 10.8. The van der Waals surface area contributed by atoms with Crippen LogP contribution in [0.4, 0.5) is 0 Å². The van der Waals surface area contributed by atoms with Gasteiger partial charge in [-0.15, -0.1) is 0 Å². The fourth-order valence-corrected chi connectivity index (χ4v) is 3.61. The van der Waals surface area contributed by atoms with Crippen LogP contribution in [0.3, 0.4) is 0 Å². The molecule has 1 aliphatic carbocycles. The van der Waals surface area contributed by atoms with Gasteiger partial charge in [0.1, 0.15) is 0 Å². The van der Waals surface area contributed by atoms with Crippen LogP contribution in [0.15, 0.2) is 0 Å². The molecule has 0 aromatic carbocycles. The summed E-state index contributed by atoms with van der Waals surface area (Å²) in [5, 5.41) is 10.5. The van der Waals surface area contributed by atoms with Gasteiger partial charge >= 0.3 is 0 Å². The number of aliphatic hydroxyl groups excluding tert-OH is 1. The van der Waals surface area contributed by atoms with Gasteiger partial charge in [-0.25, -0.2) is 0 Å². The molecule has 0 saturated heterocycles. The second-order valence-corrected chi connectivity index (χ2v) is 6.78. The van der Waals surface area contributed by atoms with Gasteiger partial charge in [0.2, 0.25) is 0 Å². The zero-order valence-corrected chi connectivity index (χ0v) is 10.3. The highest BCUT2D eigenvalue weighted by atomic mass is 32.2. The minimum absolute atomic E-state index is 0.134. The van der Waals surface area contributed by atoms with Crippen molar-refractivity contribution < 1.29 is 5.11 Å². The Balaban J connectivity index is 2.55. The summed E-state index contributed by atoms with van der Waals surface area (Å²) in [4.78, 5) is 0. The van der Waals surface area contributed by atoms with E-state index in [4.69, 9.17) is 5.73 Å². The summed E-state index contributed by atoms with van der Waals surface area (Å²) in [5.74, 6) is 0.741. The molecule has 1 saturated carbocycles. The first-order chi connectivity index (χ1) is 6.47. The van der Waals surface area contributed by atoms with Crippen LogP contribution < -0.4 is 5.73 Å². The Morgan fingerprint density at radius 3 is 2.71 bits per heavy atom. The molecule has 0 amide bonds. The van der Waals surface area contributed by atoms with E-state index in [2.05, 4.69) is 20.8 Å². The molecule has 3 atom stereocenters. The number of thioether (sulfide) groups is 1. The summed E-state index contributed by atoms with van der Waals surface area (Å²) in [6.07, 6.45) is 3.09. The average Bonchev–Trinajstić information content (AvgIpc) is 2.11. The molecule has 3 heteroatoms. The molecule has 0 aliphatic heterocycles. The highest BCUT2D eigenvalue weighted by molar-refractivity contribution is 8.00. The second-order valence-electron chi connectivity index (χ2n) is 4.96. The predicted molar refractivity (Wildman–Crippen MR) is 63.5 cm³/mol. The molecule has 0 aromatic rings. The molecule has 1 aliphatic rings. The van der Waals surface area contributed by atoms with Gasteiger partial charge in [-0.3, -0.25) is 0 Å². The molecule has 3 unspecified atom stereocenters. The molecule has 0 spiro atoms. The van der Waals surface area contributed by atoms with Gasteiger partial charge < -0.3 is 10.8 Å². The summed E-state index contributed by atoms with van der Waals surface area (Å²) in [6, 6.07) is 0. The van der Waals surface area contributed by atoms with Crippen molar-refractivity contribution in [1.29, 1.82) is 0 Å². The van der Waals surface area contributed by atoms with Gasteiger partial charge in [0.05, 0.1) is 6.61 Å². The number of hydrogen-bond donors (Lipinski definition) is 2. The number of nitrogens with two attached hydrogens (primary N) is 1. The van der Waals surface area contributed by atoms with E-state index in [1.165, 1.54) is 0 Å². The highest BCUT2D eigenvalue weighted by Crippen LogP contribution is 2.38. The maximum absolute atomic E-state index is 9.25. The van der Waals surface area contributed by atoms with Gasteiger partial charge in [-0.2, -0.15) is 11.8 Å². The minimum Gasteiger partial charge on any atom is -0.394 e. The van der Waals surface area contributed by atoms with Crippen LogP contribution in [0.1, 0.15) is 40.0 Å². The van der Waals surface area contributed by atoms with E-state index < -0.39 is 0 Å². The van der Waals surface area contributed by atoms with E-state index in [-0.39, 0.29) is 12.1 Å². The van der Waals surface area contributed by atoms with Crippen molar-refractivity contribution in [3.63, 3.8) is 0 Å². The van der Waals surface area contributed by atoms with Crippen LogP contribution in [0.25, 0.3) is 0 Å². The van der Waals surface area contributed by atoms with E-state index in [9.17, 15) is 5.11 Å². The van der Waals surface area contributed by atoms with Gasteiger partial charge in [-0.1, -0.05) is 20.8 Å². The molecule has 0 bridgehead atoms. The lowest BCUT2D eigenvalue weighted by molar-refractivity contribution is 0.143. The zero-order valence-electron chi connectivity index (χ0n) is 9.49. The van der Waals surface area contributed by atoms with Crippen molar-refractivity contribution in [2.75, 3.05) is 6.61 Å². The van der Waals surface area contributed by atoms with Gasteiger partial charge in [0.25, 0.3) is 0 Å². The van der Waals surface area contributed by atoms with Crippen molar-refractivity contribution in [3.8, 4) is 0 Å². The molecule has 1 rings (SSSR count). The monoisotopic (exact) mass is 217 g/mol. The second kappa shape index (κ2) is 4.86. The maximum atomic E-state index is 9.25. The first-order valence-corrected chi connectivity index (χ1v) is 6.46. The van der Waals surface area contributed by atoms with E-state index in [0.717, 1.165) is 25.2 Å². The molecule has 0 heterocycles. The number of hydrogen-bond acceptors (Lipinski definition) is 3. The van der Waals surface area contributed by atoms with Crippen molar-refractivity contribution in [1.82, 2.24) is 0 Å². The topological polar surface area (TPSA) is 46.2 Å². The predicted octanol–water partition coefficient (Wildman–Crippen LogP) is 2.01. The fraction of sp³-hybridized carbons (Fsp3) is 1.00. The third-order valence-electron chi connectivity index (χ3n) is 3.10. The average molecular weight is 217 g/mol. The lowest BCUT2D eigenvalue weighted by Gasteiger charge is -2.40. The number of rotatable bonds is 3. The molecule has 0 aromatic heterocycles. The van der Waals surface area contributed by atoms with E-state index >= 15 is 0 Å². The van der Waals surface area contributed by atoms with Crippen molar-refractivity contribution in [3.05, 3.63) is 0 Å². The van der Waals surface area contributed by atoms with E-state index in [0.29, 0.717) is 10.5 Å². The Morgan fingerprint density at radius 1 is 1.57 bits per heavy atom. The molecule has 0 radical (unpaired) electrons. The van der Waals surface area contributed by atoms with Crippen LogP contribution in [0.5, 0.6) is 0 Å². The Kier molecular flexibility index (Phi) is 4.29. The van der Waals surface area contributed by atoms with E-state index in [1.54, 1.807) is 0 Å². The fourth-order valence-electron chi connectivity index (χ4n) is 2.08. The summed E-state index contributed by atoms with van der Waals surface area (Å²) >= 11 is 2.01. The molecule has 2 nitrogen and oxygen atoms in total. The van der Waals surface area contributed by atoms with Crippen molar-refractivity contribution in [2.24, 2.45) is 11.7 Å². The number of aliphatic hydroxyl groups is 1. The molecule has 3 N–H and O–H groups in total. The van der Waals surface area contributed by atoms with Crippen LogP contribution in [-0.2, 0) is 0 Å². The minimum atomic E-state index is -0.306. The maximum Gasteiger partial charge on any atom is 0.0611 e. The Hall–Kier alpha value is 0.270. The Bertz CT molecular complexity index is 186. The Morgan fingerprint density at radius 2 is 2.21 bits per heavy atom. The van der Waals surface area contributed by atoms with Gasteiger partial charge in [0, 0.05) is 10.8 Å². The third kappa shape index (κ3) is 3.14. The molecule has 1 fully saturated rings. The summed E-state index contributed by atoms with van der Waals surface area (Å²) in [5.41, 5.74) is 5.82. The van der Waals surface area contributed by atoms with Crippen LogP contribution in [0, 0.1) is 5.92 Å². The summed E-state index contributed by atoms with van der Waals surface area (Å²) in [6.45, 7) is 6.89. The van der Waals surface area contributed by atoms with Crippen LogP contribution >= 0.6 is 11.8 Å². The molecular formula is C11H23NOS.